The van der Waals surface area contributed by atoms with Crippen LogP contribution in [-0.2, 0) is 17.9 Å². The van der Waals surface area contributed by atoms with E-state index in [4.69, 9.17) is 25.8 Å². The number of nitrogens with zero attached hydrogens (tertiary/aromatic N) is 1. The molecule has 0 aromatic heterocycles. The van der Waals surface area contributed by atoms with E-state index in [9.17, 15) is 0 Å². The molecular formula is C26H29ClN2O3. The van der Waals surface area contributed by atoms with Gasteiger partial charge >= 0.3 is 0 Å². The lowest BCUT2D eigenvalue weighted by molar-refractivity contribution is 0.122. The summed E-state index contributed by atoms with van der Waals surface area (Å²) in [5, 5.41) is 4.20. The number of para-hydroxylation sites is 1. The van der Waals surface area contributed by atoms with Crippen LogP contribution in [0.15, 0.2) is 60.7 Å². The summed E-state index contributed by atoms with van der Waals surface area (Å²) in [6.07, 6.45) is 0. The minimum Gasteiger partial charge on any atom is -0.493 e. The predicted octanol–water partition coefficient (Wildman–Crippen LogP) is 5.68. The Bertz CT molecular complexity index is 1050. The van der Waals surface area contributed by atoms with Crippen molar-refractivity contribution in [2.24, 2.45) is 0 Å². The van der Waals surface area contributed by atoms with Crippen LogP contribution in [0.2, 0.25) is 5.02 Å². The summed E-state index contributed by atoms with van der Waals surface area (Å²) in [5.74, 6) is 1.47. The summed E-state index contributed by atoms with van der Waals surface area (Å²) >= 11 is 6.59. The van der Waals surface area contributed by atoms with Crippen molar-refractivity contribution < 1.29 is 14.2 Å². The molecule has 5 nitrogen and oxygen atoms in total. The van der Waals surface area contributed by atoms with Crippen LogP contribution in [0.5, 0.6) is 11.5 Å². The average molecular weight is 453 g/mol. The molecule has 0 unspecified atom stereocenters. The second-order valence-electron chi connectivity index (χ2n) is 7.78. The molecule has 1 heterocycles. The molecule has 1 aliphatic rings. The first-order valence-electron chi connectivity index (χ1n) is 10.8. The van der Waals surface area contributed by atoms with Crippen LogP contribution < -0.4 is 19.7 Å². The molecule has 0 amide bonds. The molecule has 0 atom stereocenters. The third kappa shape index (κ3) is 5.29. The van der Waals surface area contributed by atoms with Gasteiger partial charge in [-0.2, -0.15) is 0 Å². The number of methoxy groups -OCH3 is 1. The van der Waals surface area contributed by atoms with Crippen LogP contribution in [0.1, 0.15) is 16.7 Å². The molecule has 6 heteroatoms. The summed E-state index contributed by atoms with van der Waals surface area (Å²) in [4.78, 5) is 2.26. The monoisotopic (exact) mass is 452 g/mol. The third-order valence-corrected chi connectivity index (χ3v) is 6.00. The number of halogens is 1. The molecule has 0 saturated carbocycles. The largest absolute Gasteiger partial charge is 0.493 e. The molecule has 3 aromatic carbocycles. The van der Waals surface area contributed by atoms with Gasteiger partial charge < -0.3 is 24.4 Å². The zero-order valence-corrected chi connectivity index (χ0v) is 19.3. The van der Waals surface area contributed by atoms with Crippen molar-refractivity contribution >= 4 is 23.0 Å². The van der Waals surface area contributed by atoms with E-state index < -0.39 is 0 Å². The Morgan fingerprint density at radius 1 is 1.00 bits per heavy atom. The highest BCUT2D eigenvalue weighted by atomic mass is 35.5. The maximum atomic E-state index is 6.59. The molecule has 1 aliphatic heterocycles. The molecule has 1 saturated heterocycles. The van der Waals surface area contributed by atoms with Gasteiger partial charge in [0, 0.05) is 30.9 Å². The van der Waals surface area contributed by atoms with Crippen molar-refractivity contribution in [3.05, 3.63) is 82.4 Å². The van der Waals surface area contributed by atoms with Gasteiger partial charge in [-0.3, -0.25) is 0 Å². The van der Waals surface area contributed by atoms with Crippen molar-refractivity contribution in [2.75, 3.05) is 43.6 Å². The normalized spacial score (nSPS) is 13.7. The molecule has 0 aliphatic carbocycles. The predicted molar refractivity (Wildman–Crippen MR) is 130 cm³/mol. The van der Waals surface area contributed by atoms with E-state index in [0.717, 1.165) is 65.3 Å². The Kier molecular flexibility index (Phi) is 7.40. The van der Waals surface area contributed by atoms with Gasteiger partial charge in [0.25, 0.3) is 0 Å². The number of hydrogen-bond donors (Lipinski definition) is 1. The zero-order valence-electron chi connectivity index (χ0n) is 18.6. The molecule has 1 N–H and O–H groups in total. The van der Waals surface area contributed by atoms with E-state index in [2.05, 4.69) is 41.4 Å². The number of ether oxygens (including phenoxy) is 3. The van der Waals surface area contributed by atoms with Crippen molar-refractivity contribution in [3.63, 3.8) is 0 Å². The number of morpholine rings is 1. The van der Waals surface area contributed by atoms with Gasteiger partial charge in [0.1, 0.15) is 6.61 Å². The van der Waals surface area contributed by atoms with Crippen LogP contribution in [0.25, 0.3) is 0 Å². The fraction of sp³-hybridized carbons (Fsp3) is 0.308. The molecule has 0 radical (unpaired) electrons. The Morgan fingerprint density at radius 2 is 1.78 bits per heavy atom. The third-order valence-electron chi connectivity index (χ3n) is 5.70. The second kappa shape index (κ2) is 10.6. The number of anilines is 2. The Hall–Kier alpha value is -2.89. The van der Waals surface area contributed by atoms with Crippen LogP contribution in [0.3, 0.4) is 0 Å². The number of hydrogen-bond acceptors (Lipinski definition) is 5. The lowest BCUT2D eigenvalue weighted by Gasteiger charge is -2.29. The van der Waals surface area contributed by atoms with Gasteiger partial charge in [0.15, 0.2) is 11.5 Å². The maximum absolute atomic E-state index is 6.59. The highest BCUT2D eigenvalue weighted by Gasteiger charge is 2.15. The summed E-state index contributed by atoms with van der Waals surface area (Å²) < 4.78 is 17.2. The maximum Gasteiger partial charge on any atom is 0.166 e. The summed E-state index contributed by atoms with van der Waals surface area (Å²) in [7, 11) is 1.66. The topological polar surface area (TPSA) is 43.0 Å². The van der Waals surface area contributed by atoms with Gasteiger partial charge in [-0.15, -0.1) is 0 Å². The van der Waals surface area contributed by atoms with Gasteiger partial charge in [-0.05, 0) is 42.3 Å². The smallest absolute Gasteiger partial charge is 0.166 e. The van der Waals surface area contributed by atoms with Gasteiger partial charge in [0.05, 0.1) is 31.0 Å². The molecule has 32 heavy (non-hydrogen) atoms. The molecule has 4 rings (SSSR count). The molecule has 3 aromatic rings. The first kappa shape index (κ1) is 22.3. The van der Waals surface area contributed by atoms with Crippen LogP contribution in [-0.4, -0.2) is 33.4 Å². The first-order chi connectivity index (χ1) is 15.7. The Labute approximate surface area is 194 Å². The molecule has 168 valence electrons. The highest BCUT2D eigenvalue weighted by Crippen LogP contribution is 2.34. The van der Waals surface area contributed by atoms with E-state index in [1.807, 2.05) is 36.4 Å². The summed E-state index contributed by atoms with van der Waals surface area (Å²) in [6.45, 7) is 6.35. The number of aryl methyl sites for hydroxylation is 1. The molecular weight excluding hydrogens is 424 g/mol. The van der Waals surface area contributed by atoms with Crippen LogP contribution >= 0.6 is 11.6 Å². The molecule has 0 bridgehead atoms. The van der Waals surface area contributed by atoms with E-state index in [1.165, 1.54) is 5.56 Å². The zero-order chi connectivity index (χ0) is 22.3. The van der Waals surface area contributed by atoms with E-state index in [0.29, 0.717) is 13.2 Å². The van der Waals surface area contributed by atoms with Crippen molar-refractivity contribution in [1.82, 2.24) is 0 Å². The molecule has 1 fully saturated rings. The van der Waals surface area contributed by atoms with Crippen molar-refractivity contribution in [3.8, 4) is 11.5 Å². The van der Waals surface area contributed by atoms with Crippen molar-refractivity contribution in [2.45, 2.75) is 20.1 Å². The average Bonchev–Trinajstić information content (AvgIpc) is 2.83. The van der Waals surface area contributed by atoms with E-state index >= 15 is 0 Å². The first-order valence-corrected chi connectivity index (χ1v) is 11.2. The summed E-state index contributed by atoms with van der Waals surface area (Å²) in [5.41, 5.74) is 5.38. The fourth-order valence-electron chi connectivity index (χ4n) is 3.82. The van der Waals surface area contributed by atoms with Crippen molar-refractivity contribution in [1.29, 1.82) is 0 Å². The second-order valence-corrected chi connectivity index (χ2v) is 8.19. The summed E-state index contributed by atoms with van der Waals surface area (Å²) in [6, 6.07) is 20.3. The minimum absolute atomic E-state index is 0.486. The van der Waals surface area contributed by atoms with E-state index in [1.54, 1.807) is 7.11 Å². The lowest BCUT2D eigenvalue weighted by atomic mass is 10.1. The number of nitrogens with one attached hydrogen (secondary N) is 1. The number of rotatable bonds is 8. The van der Waals surface area contributed by atoms with Gasteiger partial charge in [-0.1, -0.05) is 48.0 Å². The standard InChI is InChI=1S/C26H29ClN2O3/c1-19-6-3-4-7-21(19)18-32-26-20(8-5-9-25(26)30-2)17-28-22-10-11-24(23(27)16-22)29-12-14-31-15-13-29/h3-11,16,28H,12-15,17-18H2,1-2H3. The highest BCUT2D eigenvalue weighted by molar-refractivity contribution is 6.33. The lowest BCUT2D eigenvalue weighted by Crippen LogP contribution is -2.36. The van der Waals surface area contributed by atoms with E-state index in [-0.39, 0.29) is 0 Å². The van der Waals surface area contributed by atoms with Crippen LogP contribution in [0, 0.1) is 6.92 Å². The fourth-order valence-corrected chi connectivity index (χ4v) is 4.12. The van der Waals surface area contributed by atoms with Gasteiger partial charge in [0.2, 0.25) is 0 Å². The Balaban J connectivity index is 1.47. The van der Waals surface area contributed by atoms with Gasteiger partial charge in [-0.25, -0.2) is 0 Å². The van der Waals surface area contributed by atoms with Crippen LogP contribution in [0.4, 0.5) is 11.4 Å². The quantitative estimate of drug-likeness (QED) is 0.476. The number of benzene rings is 3. The molecule has 0 spiro atoms. The minimum atomic E-state index is 0.486. The Morgan fingerprint density at radius 3 is 2.53 bits per heavy atom. The SMILES string of the molecule is COc1cccc(CNc2ccc(N3CCOCC3)c(Cl)c2)c1OCc1ccccc1C.